The number of nitrogens with two attached hydrogens (primary N) is 2. The molecular weight excluding hydrogens is 175 g/mol. The largest absolute Gasteiger partial charge is 0.413 e. The molecule has 1 aromatic carbocycles. The van der Waals surface area contributed by atoms with Gasteiger partial charge < -0.3 is 16.0 Å². The van der Waals surface area contributed by atoms with E-state index in [0.717, 1.165) is 11.2 Å². The quantitative estimate of drug-likeness (QED) is 0.536. The third-order valence-corrected chi connectivity index (χ3v) is 1.75. The van der Waals surface area contributed by atoms with Crippen LogP contribution in [0.15, 0.2) is 24.3 Å². The van der Waals surface area contributed by atoms with Gasteiger partial charge in [-0.2, -0.15) is 0 Å². The van der Waals surface area contributed by atoms with Crippen molar-refractivity contribution in [1.29, 1.82) is 0 Å². The van der Waals surface area contributed by atoms with Gasteiger partial charge in [0.1, 0.15) is 0 Å². The number of benzene rings is 1. The lowest BCUT2D eigenvalue weighted by atomic mass is 9.74. The van der Waals surface area contributed by atoms with Gasteiger partial charge in [0, 0.05) is 11.3 Å². The fourth-order valence-corrected chi connectivity index (χ4v) is 1.13. The molecule has 0 spiro atoms. The van der Waals surface area contributed by atoms with Crippen LogP contribution in [0.4, 0.5) is 5.69 Å². The Kier molecular flexibility index (Phi) is 3.19. The molecule has 1 aromatic rings. The van der Waals surface area contributed by atoms with Gasteiger partial charge in [-0.3, -0.25) is 0 Å². The lowest BCUT2D eigenvalue weighted by Gasteiger charge is -2.23. The second-order valence-corrected chi connectivity index (χ2v) is 4.32. The second-order valence-electron chi connectivity index (χ2n) is 4.32. The molecule has 4 heteroatoms. The SMILES string of the molecule is CC(C)(C)OB(N)c1ccc(N)cc1. The van der Waals surface area contributed by atoms with Crippen LogP contribution in [-0.2, 0) is 4.65 Å². The molecule has 0 atom stereocenters. The zero-order valence-corrected chi connectivity index (χ0v) is 8.95. The lowest BCUT2D eigenvalue weighted by molar-refractivity contribution is 0.132. The van der Waals surface area contributed by atoms with Crippen molar-refractivity contribution in [2.24, 2.45) is 5.64 Å². The Morgan fingerprint density at radius 3 is 2.07 bits per heavy atom. The Hall–Kier alpha value is -0.995. The maximum atomic E-state index is 5.87. The predicted molar refractivity (Wildman–Crippen MR) is 61.3 cm³/mol. The fourth-order valence-electron chi connectivity index (χ4n) is 1.13. The zero-order valence-electron chi connectivity index (χ0n) is 8.95. The summed E-state index contributed by atoms with van der Waals surface area (Å²) in [5, 5.41) is 0. The maximum Gasteiger partial charge on any atom is 0.413 e. The summed E-state index contributed by atoms with van der Waals surface area (Å²) in [4.78, 5) is 0. The number of rotatable bonds is 2. The van der Waals surface area contributed by atoms with Crippen LogP contribution in [0, 0.1) is 0 Å². The minimum Gasteiger partial charge on any atom is -0.413 e. The highest BCUT2D eigenvalue weighted by Crippen LogP contribution is 2.07. The molecule has 0 aliphatic heterocycles. The first-order chi connectivity index (χ1) is 6.38. The molecule has 76 valence electrons. The molecule has 0 bridgehead atoms. The summed E-state index contributed by atoms with van der Waals surface area (Å²) in [6, 6.07) is 7.40. The highest BCUT2D eigenvalue weighted by atomic mass is 16.5. The van der Waals surface area contributed by atoms with Gasteiger partial charge in [-0.05, 0) is 38.4 Å². The molecule has 0 fully saturated rings. The molecule has 0 saturated heterocycles. The minimum absolute atomic E-state index is 0.235. The van der Waals surface area contributed by atoms with Crippen LogP contribution in [0.1, 0.15) is 20.8 Å². The van der Waals surface area contributed by atoms with E-state index in [4.69, 9.17) is 16.0 Å². The summed E-state index contributed by atoms with van der Waals surface area (Å²) in [5.74, 6) is 0. The van der Waals surface area contributed by atoms with Gasteiger partial charge in [0.25, 0.3) is 0 Å². The number of nitrogen functional groups attached to an aromatic ring is 1. The lowest BCUT2D eigenvalue weighted by Crippen LogP contribution is -2.47. The van der Waals surface area contributed by atoms with E-state index in [1.165, 1.54) is 0 Å². The third-order valence-electron chi connectivity index (χ3n) is 1.75. The van der Waals surface area contributed by atoms with Gasteiger partial charge in [-0.25, -0.2) is 0 Å². The highest BCUT2D eigenvalue weighted by Gasteiger charge is 2.21. The summed E-state index contributed by atoms with van der Waals surface area (Å²) in [5.41, 5.74) is 12.9. The topological polar surface area (TPSA) is 61.3 Å². The smallest absolute Gasteiger partial charge is 0.413 e. The molecule has 0 saturated carbocycles. The zero-order chi connectivity index (χ0) is 10.8. The van der Waals surface area contributed by atoms with E-state index in [1.807, 2.05) is 45.0 Å². The number of hydrogen-bond acceptors (Lipinski definition) is 3. The van der Waals surface area contributed by atoms with E-state index in [1.54, 1.807) is 0 Å². The molecule has 0 amide bonds. The molecule has 0 aliphatic carbocycles. The molecule has 0 aromatic heterocycles. The van der Waals surface area contributed by atoms with Crippen molar-refractivity contribution in [3.05, 3.63) is 24.3 Å². The van der Waals surface area contributed by atoms with E-state index in [-0.39, 0.29) is 5.60 Å². The fraction of sp³-hybridized carbons (Fsp3) is 0.400. The van der Waals surface area contributed by atoms with E-state index in [9.17, 15) is 0 Å². The van der Waals surface area contributed by atoms with E-state index in [0.29, 0.717) is 0 Å². The van der Waals surface area contributed by atoms with E-state index in [2.05, 4.69) is 0 Å². The van der Waals surface area contributed by atoms with Crippen molar-refractivity contribution in [2.45, 2.75) is 26.4 Å². The number of hydrogen-bond donors (Lipinski definition) is 2. The Bertz CT molecular complexity index is 292. The molecule has 0 aliphatic rings. The summed E-state index contributed by atoms with van der Waals surface area (Å²) in [7, 11) is -0.393. The van der Waals surface area contributed by atoms with Crippen LogP contribution in [0.3, 0.4) is 0 Å². The summed E-state index contributed by atoms with van der Waals surface area (Å²) >= 11 is 0. The van der Waals surface area contributed by atoms with Crippen LogP contribution in [0.25, 0.3) is 0 Å². The molecule has 0 heterocycles. The van der Waals surface area contributed by atoms with Gasteiger partial charge >= 0.3 is 7.05 Å². The van der Waals surface area contributed by atoms with Crippen LogP contribution >= 0.6 is 0 Å². The van der Waals surface area contributed by atoms with E-state index < -0.39 is 7.05 Å². The van der Waals surface area contributed by atoms with Crippen molar-refractivity contribution < 1.29 is 4.65 Å². The first-order valence-electron chi connectivity index (χ1n) is 4.67. The van der Waals surface area contributed by atoms with Crippen molar-refractivity contribution in [2.75, 3.05) is 5.73 Å². The second kappa shape index (κ2) is 4.03. The van der Waals surface area contributed by atoms with Gasteiger partial charge in [0.05, 0.1) is 0 Å². The first-order valence-corrected chi connectivity index (χ1v) is 4.67. The Balaban J connectivity index is 2.70. The molecule has 1 rings (SSSR count). The standard InChI is InChI=1S/C10H17BN2O/c1-10(2,3)14-11(13)8-4-6-9(12)7-5-8/h4-7H,12-13H2,1-3H3. The van der Waals surface area contributed by atoms with Crippen molar-refractivity contribution >= 4 is 18.2 Å². The average molecular weight is 192 g/mol. The van der Waals surface area contributed by atoms with Crippen molar-refractivity contribution in [3.63, 3.8) is 0 Å². The van der Waals surface area contributed by atoms with Gasteiger partial charge in [0.15, 0.2) is 0 Å². The van der Waals surface area contributed by atoms with Crippen LogP contribution in [0.5, 0.6) is 0 Å². The molecule has 0 radical (unpaired) electrons. The molecule has 4 N–H and O–H groups in total. The summed E-state index contributed by atoms with van der Waals surface area (Å²) < 4.78 is 5.60. The van der Waals surface area contributed by atoms with Gasteiger partial charge in [-0.15, -0.1) is 0 Å². The highest BCUT2D eigenvalue weighted by molar-refractivity contribution is 6.64. The van der Waals surface area contributed by atoms with Crippen molar-refractivity contribution in [1.82, 2.24) is 0 Å². The molecular formula is C10H17BN2O. The average Bonchev–Trinajstić information content (AvgIpc) is 2.02. The Morgan fingerprint density at radius 2 is 1.64 bits per heavy atom. The van der Waals surface area contributed by atoms with Gasteiger partial charge in [0.2, 0.25) is 0 Å². The van der Waals surface area contributed by atoms with Crippen LogP contribution in [-0.4, -0.2) is 12.7 Å². The van der Waals surface area contributed by atoms with Crippen molar-refractivity contribution in [3.8, 4) is 0 Å². The molecule has 0 unspecified atom stereocenters. The molecule has 14 heavy (non-hydrogen) atoms. The predicted octanol–water partition coefficient (Wildman–Crippen LogP) is 0.738. The monoisotopic (exact) mass is 192 g/mol. The number of anilines is 1. The summed E-state index contributed by atoms with van der Waals surface area (Å²) in [6.07, 6.45) is 0. The van der Waals surface area contributed by atoms with E-state index >= 15 is 0 Å². The minimum atomic E-state index is -0.393. The Morgan fingerprint density at radius 1 is 1.14 bits per heavy atom. The third kappa shape index (κ3) is 3.40. The Labute approximate surface area is 85.6 Å². The van der Waals surface area contributed by atoms with Gasteiger partial charge in [-0.1, -0.05) is 12.1 Å². The maximum absolute atomic E-state index is 5.87. The van der Waals surface area contributed by atoms with Crippen LogP contribution in [0.2, 0.25) is 0 Å². The first kappa shape index (κ1) is 11.1. The normalized spacial score (nSPS) is 11.4. The summed E-state index contributed by atoms with van der Waals surface area (Å²) in [6.45, 7) is 5.93. The molecule has 3 nitrogen and oxygen atoms in total. The van der Waals surface area contributed by atoms with Crippen LogP contribution < -0.4 is 16.8 Å².